The molecule has 1 saturated carbocycles. The standard InChI is InChI=1S/C23H24N6O2/c1-14-5-19(16-8-25-29(10-16)17-11-31-12-17)27-22(6-14)28-13-23(3-4-23)18-9-24-21(7-20(18)28)26-15(2)30/h5-10,17H,3-4,11-13H2,1-2H3,(H,24,26,30). The first-order chi connectivity index (χ1) is 15.0. The van der Waals surface area contributed by atoms with E-state index in [4.69, 9.17) is 9.72 Å². The maximum Gasteiger partial charge on any atom is 0.222 e. The van der Waals surface area contributed by atoms with Crippen LogP contribution in [0.2, 0.25) is 0 Å². The number of anilines is 3. The van der Waals surface area contributed by atoms with E-state index >= 15 is 0 Å². The van der Waals surface area contributed by atoms with Crippen LogP contribution in [0.25, 0.3) is 11.3 Å². The molecule has 1 spiro atoms. The molecule has 31 heavy (non-hydrogen) atoms. The lowest BCUT2D eigenvalue weighted by Crippen LogP contribution is -2.30. The average molecular weight is 416 g/mol. The lowest BCUT2D eigenvalue weighted by Gasteiger charge is -2.25. The van der Waals surface area contributed by atoms with Gasteiger partial charge in [0.2, 0.25) is 5.91 Å². The van der Waals surface area contributed by atoms with Crippen LogP contribution in [-0.2, 0) is 14.9 Å². The van der Waals surface area contributed by atoms with Gasteiger partial charge in [0.15, 0.2) is 0 Å². The van der Waals surface area contributed by atoms with Gasteiger partial charge in [0.05, 0.1) is 36.8 Å². The smallest absolute Gasteiger partial charge is 0.222 e. The summed E-state index contributed by atoms with van der Waals surface area (Å²) in [5.41, 5.74) is 5.57. The predicted molar refractivity (Wildman–Crippen MR) is 117 cm³/mol. The molecule has 8 nitrogen and oxygen atoms in total. The van der Waals surface area contributed by atoms with Crippen molar-refractivity contribution in [1.29, 1.82) is 0 Å². The Kier molecular flexibility index (Phi) is 3.95. The van der Waals surface area contributed by atoms with Gasteiger partial charge in [-0.2, -0.15) is 5.10 Å². The average Bonchev–Trinajstić information content (AvgIpc) is 3.18. The number of aromatic nitrogens is 4. The van der Waals surface area contributed by atoms with E-state index < -0.39 is 0 Å². The first-order valence-electron chi connectivity index (χ1n) is 10.7. The van der Waals surface area contributed by atoms with Crippen LogP contribution in [0.4, 0.5) is 17.3 Å². The number of nitrogens with one attached hydrogen (secondary N) is 1. The van der Waals surface area contributed by atoms with Crippen molar-refractivity contribution in [2.75, 3.05) is 30.0 Å². The monoisotopic (exact) mass is 416 g/mol. The first-order valence-corrected chi connectivity index (χ1v) is 10.7. The van der Waals surface area contributed by atoms with Crippen LogP contribution in [0.5, 0.6) is 0 Å². The Morgan fingerprint density at radius 2 is 2.06 bits per heavy atom. The summed E-state index contributed by atoms with van der Waals surface area (Å²) in [6.45, 7) is 5.91. The number of carbonyl (C=O) groups is 1. The molecule has 0 unspecified atom stereocenters. The van der Waals surface area contributed by atoms with E-state index in [0.717, 1.165) is 47.7 Å². The Balaban J connectivity index is 1.39. The van der Waals surface area contributed by atoms with Crippen molar-refractivity contribution in [1.82, 2.24) is 19.7 Å². The summed E-state index contributed by atoms with van der Waals surface area (Å²) in [5.74, 6) is 1.37. The summed E-state index contributed by atoms with van der Waals surface area (Å²) in [4.78, 5) is 23.3. The van der Waals surface area contributed by atoms with Crippen molar-refractivity contribution < 1.29 is 9.53 Å². The quantitative estimate of drug-likeness (QED) is 0.702. The van der Waals surface area contributed by atoms with Crippen LogP contribution in [0.1, 0.15) is 36.9 Å². The molecule has 3 aromatic heterocycles. The van der Waals surface area contributed by atoms with E-state index in [1.54, 1.807) is 0 Å². The van der Waals surface area contributed by atoms with E-state index in [2.05, 4.69) is 45.6 Å². The van der Waals surface area contributed by atoms with Gasteiger partial charge in [-0.25, -0.2) is 9.97 Å². The van der Waals surface area contributed by atoms with Gasteiger partial charge >= 0.3 is 0 Å². The van der Waals surface area contributed by atoms with Crippen molar-refractivity contribution in [3.8, 4) is 11.3 Å². The molecule has 0 atom stereocenters. The van der Waals surface area contributed by atoms with Crippen molar-refractivity contribution >= 4 is 23.2 Å². The Labute approximate surface area is 180 Å². The maximum absolute atomic E-state index is 11.5. The minimum Gasteiger partial charge on any atom is -0.377 e. The molecule has 3 aliphatic rings. The van der Waals surface area contributed by atoms with Crippen LogP contribution in [-0.4, -0.2) is 45.4 Å². The molecule has 3 aromatic rings. The van der Waals surface area contributed by atoms with Gasteiger partial charge in [-0.15, -0.1) is 0 Å². The number of rotatable bonds is 4. The SMILES string of the molecule is CC(=O)Nc1cc2c(cn1)C1(CC1)CN2c1cc(C)cc(-c2cnn(C3COC3)c2)n1. The number of ether oxygens (including phenoxy) is 1. The van der Waals surface area contributed by atoms with Gasteiger partial charge in [-0.05, 0) is 37.5 Å². The minimum atomic E-state index is -0.122. The highest BCUT2D eigenvalue weighted by Crippen LogP contribution is 2.58. The maximum atomic E-state index is 11.5. The molecule has 2 fully saturated rings. The van der Waals surface area contributed by atoms with Crippen LogP contribution in [0.3, 0.4) is 0 Å². The second kappa shape index (κ2) is 6.62. The Hall–Kier alpha value is -3.26. The fraction of sp³-hybridized carbons (Fsp3) is 0.391. The number of carbonyl (C=O) groups excluding carboxylic acids is 1. The lowest BCUT2D eigenvalue weighted by atomic mass is 10.0. The van der Waals surface area contributed by atoms with Crippen molar-refractivity contribution in [3.05, 3.63) is 47.9 Å². The number of pyridine rings is 2. The zero-order chi connectivity index (χ0) is 21.2. The van der Waals surface area contributed by atoms with E-state index in [9.17, 15) is 4.79 Å². The molecule has 1 aliphatic carbocycles. The van der Waals surface area contributed by atoms with Crippen molar-refractivity contribution in [3.63, 3.8) is 0 Å². The summed E-state index contributed by atoms with van der Waals surface area (Å²) < 4.78 is 7.26. The van der Waals surface area contributed by atoms with Crippen LogP contribution in [0, 0.1) is 6.92 Å². The van der Waals surface area contributed by atoms with Crippen molar-refractivity contribution in [2.24, 2.45) is 0 Å². The second-order valence-electron chi connectivity index (χ2n) is 8.92. The molecule has 0 radical (unpaired) electrons. The summed E-state index contributed by atoms with van der Waals surface area (Å²) in [6.07, 6.45) is 8.18. The molecule has 1 amide bonds. The third kappa shape index (κ3) is 3.09. The number of nitrogens with zero attached hydrogens (tertiary/aromatic N) is 5. The van der Waals surface area contributed by atoms with Crippen LogP contribution in [0.15, 0.2) is 36.8 Å². The van der Waals surface area contributed by atoms with Gasteiger partial charge < -0.3 is 15.0 Å². The molecule has 1 N–H and O–H groups in total. The molecule has 0 aromatic carbocycles. The lowest BCUT2D eigenvalue weighted by molar-refractivity contribution is -0.114. The molecule has 8 heteroatoms. The molecule has 6 rings (SSSR count). The number of hydrogen-bond acceptors (Lipinski definition) is 6. The zero-order valence-corrected chi connectivity index (χ0v) is 17.6. The molecular formula is C23H24N6O2. The number of amides is 1. The third-order valence-electron chi connectivity index (χ3n) is 6.49. The Bertz CT molecular complexity index is 1190. The summed E-state index contributed by atoms with van der Waals surface area (Å²) in [6, 6.07) is 6.51. The van der Waals surface area contributed by atoms with Crippen LogP contribution < -0.4 is 10.2 Å². The highest BCUT2D eigenvalue weighted by atomic mass is 16.5. The Morgan fingerprint density at radius 3 is 2.77 bits per heavy atom. The van der Waals surface area contributed by atoms with Crippen molar-refractivity contribution in [2.45, 2.75) is 38.1 Å². The number of aryl methyl sites for hydroxylation is 1. The summed E-state index contributed by atoms with van der Waals surface area (Å²) in [5, 5.41) is 7.32. The van der Waals surface area contributed by atoms with E-state index in [1.807, 2.05) is 23.1 Å². The topological polar surface area (TPSA) is 85.2 Å². The second-order valence-corrected chi connectivity index (χ2v) is 8.92. The Morgan fingerprint density at radius 1 is 1.23 bits per heavy atom. The highest BCUT2D eigenvalue weighted by molar-refractivity contribution is 5.89. The zero-order valence-electron chi connectivity index (χ0n) is 17.6. The van der Waals surface area contributed by atoms with Gasteiger partial charge in [0, 0.05) is 48.5 Å². The molecular weight excluding hydrogens is 392 g/mol. The molecule has 2 aliphatic heterocycles. The summed E-state index contributed by atoms with van der Waals surface area (Å²) in [7, 11) is 0. The van der Waals surface area contributed by atoms with Gasteiger partial charge in [0.1, 0.15) is 11.6 Å². The normalized spacial score (nSPS) is 18.7. The van der Waals surface area contributed by atoms with E-state index in [1.165, 1.54) is 12.5 Å². The predicted octanol–water partition coefficient (Wildman–Crippen LogP) is 3.36. The fourth-order valence-electron chi connectivity index (χ4n) is 4.56. The molecule has 0 bridgehead atoms. The number of hydrogen-bond donors (Lipinski definition) is 1. The minimum absolute atomic E-state index is 0.122. The van der Waals surface area contributed by atoms with E-state index in [0.29, 0.717) is 25.1 Å². The van der Waals surface area contributed by atoms with Gasteiger partial charge in [-0.1, -0.05) is 0 Å². The van der Waals surface area contributed by atoms with E-state index in [-0.39, 0.29) is 11.3 Å². The van der Waals surface area contributed by atoms with Gasteiger partial charge in [-0.3, -0.25) is 9.48 Å². The molecule has 5 heterocycles. The molecule has 1 saturated heterocycles. The third-order valence-corrected chi connectivity index (χ3v) is 6.49. The first kappa shape index (κ1) is 18.5. The largest absolute Gasteiger partial charge is 0.377 e. The number of fused-ring (bicyclic) bond motifs is 2. The highest BCUT2D eigenvalue weighted by Gasteiger charge is 2.52. The summed E-state index contributed by atoms with van der Waals surface area (Å²) >= 11 is 0. The van der Waals surface area contributed by atoms with Gasteiger partial charge in [0.25, 0.3) is 0 Å². The molecule has 158 valence electrons. The van der Waals surface area contributed by atoms with Crippen LogP contribution >= 0.6 is 0 Å². The fourth-order valence-corrected chi connectivity index (χ4v) is 4.56.